The minimum Gasteiger partial charge on any atom is -0.478 e. The zero-order valence-corrected chi connectivity index (χ0v) is 13.2. The Bertz CT molecular complexity index is 880. The van der Waals surface area contributed by atoms with Crippen LogP contribution in [0.3, 0.4) is 0 Å². The summed E-state index contributed by atoms with van der Waals surface area (Å²) < 4.78 is 1.84. The summed E-state index contributed by atoms with van der Waals surface area (Å²) in [6, 6.07) is 13.7. The minimum absolute atomic E-state index is 0.226. The van der Waals surface area contributed by atoms with Crippen molar-refractivity contribution in [3.05, 3.63) is 76.2 Å². The number of nitrogens with zero attached hydrogens (tertiary/aromatic N) is 2. The number of benzene rings is 1. The molecular formula is C17H13N3O3S. The molecule has 7 heteroatoms. The van der Waals surface area contributed by atoms with Gasteiger partial charge in [0, 0.05) is 11.9 Å². The second-order valence-electron chi connectivity index (χ2n) is 4.83. The molecule has 2 N–H and O–H groups in total. The summed E-state index contributed by atoms with van der Waals surface area (Å²) in [4.78, 5) is 23.3. The third-order valence-electron chi connectivity index (χ3n) is 3.28. The van der Waals surface area contributed by atoms with E-state index in [1.54, 1.807) is 24.3 Å². The predicted octanol–water partition coefficient (Wildman–Crippen LogP) is 3.00. The van der Waals surface area contributed by atoms with Crippen molar-refractivity contribution in [1.29, 1.82) is 0 Å². The molecular weight excluding hydrogens is 326 g/mol. The smallest absolute Gasteiger partial charge is 0.335 e. The number of nitrogens with one attached hydrogen (secondary N) is 1. The van der Waals surface area contributed by atoms with Gasteiger partial charge in [-0.15, -0.1) is 11.3 Å². The van der Waals surface area contributed by atoms with Crippen LogP contribution in [0.2, 0.25) is 0 Å². The summed E-state index contributed by atoms with van der Waals surface area (Å²) in [7, 11) is 0. The van der Waals surface area contributed by atoms with Crippen molar-refractivity contribution >= 4 is 29.4 Å². The first-order valence-corrected chi connectivity index (χ1v) is 7.91. The number of carbonyl (C=O) groups is 2. The van der Waals surface area contributed by atoms with Gasteiger partial charge in [0.1, 0.15) is 0 Å². The van der Waals surface area contributed by atoms with Crippen LogP contribution in [-0.2, 0) is 0 Å². The van der Waals surface area contributed by atoms with Crippen molar-refractivity contribution in [2.24, 2.45) is 5.10 Å². The summed E-state index contributed by atoms with van der Waals surface area (Å²) in [5, 5.41) is 14.7. The topological polar surface area (TPSA) is 83.7 Å². The van der Waals surface area contributed by atoms with Crippen LogP contribution < -0.4 is 5.43 Å². The molecule has 1 aromatic carbocycles. The number of hydrogen-bond donors (Lipinski definition) is 2. The monoisotopic (exact) mass is 339 g/mol. The number of hydrazone groups is 1. The summed E-state index contributed by atoms with van der Waals surface area (Å²) in [5.41, 5.74) is 4.26. The van der Waals surface area contributed by atoms with E-state index in [0.717, 1.165) is 11.4 Å². The van der Waals surface area contributed by atoms with Crippen molar-refractivity contribution in [2.45, 2.75) is 0 Å². The highest BCUT2D eigenvalue weighted by Crippen LogP contribution is 2.13. The number of rotatable bonds is 5. The van der Waals surface area contributed by atoms with Gasteiger partial charge in [-0.05, 0) is 47.8 Å². The van der Waals surface area contributed by atoms with Crippen LogP contribution in [-0.4, -0.2) is 27.8 Å². The fraction of sp³-hybridized carbons (Fsp3) is 0. The first kappa shape index (κ1) is 15.7. The van der Waals surface area contributed by atoms with E-state index in [-0.39, 0.29) is 11.5 Å². The number of carbonyl (C=O) groups excluding carboxylic acids is 1. The second-order valence-corrected chi connectivity index (χ2v) is 5.78. The molecule has 0 radical (unpaired) electrons. The third kappa shape index (κ3) is 3.41. The number of hydrogen-bond acceptors (Lipinski definition) is 4. The van der Waals surface area contributed by atoms with Gasteiger partial charge in [-0.2, -0.15) is 5.10 Å². The van der Waals surface area contributed by atoms with E-state index in [1.165, 1.54) is 29.7 Å². The van der Waals surface area contributed by atoms with Gasteiger partial charge in [0.15, 0.2) is 0 Å². The van der Waals surface area contributed by atoms with Crippen LogP contribution in [0.1, 0.15) is 25.7 Å². The molecule has 2 aromatic heterocycles. The van der Waals surface area contributed by atoms with Crippen LogP contribution in [0, 0.1) is 0 Å². The summed E-state index contributed by atoms with van der Waals surface area (Å²) in [6.45, 7) is 0. The number of aromatic nitrogens is 1. The van der Waals surface area contributed by atoms with Gasteiger partial charge >= 0.3 is 5.97 Å². The zero-order valence-electron chi connectivity index (χ0n) is 12.4. The molecule has 3 rings (SSSR count). The molecule has 0 aliphatic carbocycles. The molecule has 0 fully saturated rings. The highest BCUT2D eigenvalue weighted by molar-refractivity contribution is 7.12. The van der Waals surface area contributed by atoms with E-state index >= 15 is 0 Å². The van der Waals surface area contributed by atoms with Gasteiger partial charge in [0.2, 0.25) is 0 Å². The second kappa shape index (κ2) is 6.93. The lowest BCUT2D eigenvalue weighted by molar-refractivity contribution is 0.0696. The van der Waals surface area contributed by atoms with Gasteiger partial charge in [-0.1, -0.05) is 6.07 Å². The Balaban J connectivity index is 1.74. The van der Waals surface area contributed by atoms with Crippen molar-refractivity contribution in [3.63, 3.8) is 0 Å². The first-order valence-electron chi connectivity index (χ1n) is 7.03. The van der Waals surface area contributed by atoms with Gasteiger partial charge in [-0.3, -0.25) is 4.79 Å². The van der Waals surface area contributed by atoms with E-state index in [9.17, 15) is 9.59 Å². The molecule has 6 nitrogen and oxygen atoms in total. The molecule has 0 saturated carbocycles. The molecule has 1 amide bonds. The molecule has 0 bridgehead atoms. The standard InChI is InChI=1S/C17H13N3O3S/c21-16(15-4-2-10-24-15)19-18-11-14-3-1-9-20(14)13-7-5-12(6-8-13)17(22)23/h1-11H,(H,19,21)(H,22,23)/b18-11+. The van der Waals surface area contributed by atoms with Crippen LogP contribution >= 0.6 is 11.3 Å². The van der Waals surface area contributed by atoms with Gasteiger partial charge in [0.25, 0.3) is 5.91 Å². The lowest BCUT2D eigenvalue weighted by Crippen LogP contribution is -2.16. The molecule has 0 unspecified atom stereocenters. The van der Waals surface area contributed by atoms with E-state index in [1.807, 2.05) is 28.3 Å². The molecule has 0 atom stereocenters. The highest BCUT2D eigenvalue weighted by Gasteiger charge is 2.06. The average Bonchev–Trinajstić information content (AvgIpc) is 3.26. The fourth-order valence-corrected chi connectivity index (χ4v) is 2.73. The number of carboxylic acid groups (broad SMARTS) is 1. The molecule has 120 valence electrons. The molecule has 24 heavy (non-hydrogen) atoms. The maximum Gasteiger partial charge on any atom is 0.335 e. The van der Waals surface area contributed by atoms with Crippen molar-refractivity contribution in [3.8, 4) is 5.69 Å². The third-order valence-corrected chi connectivity index (χ3v) is 4.15. The molecule has 0 spiro atoms. The van der Waals surface area contributed by atoms with Gasteiger partial charge < -0.3 is 9.67 Å². The van der Waals surface area contributed by atoms with Crippen molar-refractivity contribution < 1.29 is 14.7 Å². The lowest BCUT2D eigenvalue weighted by Gasteiger charge is -2.06. The Labute approximate surface area is 141 Å². The average molecular weight is 339 g/mol. The van der Waals surface area contributed by atoms with E-state index in [4.69, 9.17) is 5.11 Å². The highest BCUT2D eigenvalue weighted by atomic mass is 32.1. The number of carboxylic acids is 1. The Morgan fingerprint density at radius 1 is 1.12 bits per heavy atom. The Morgan fingerprint density at radius 3 is 2.58 bits per heavy atom. The molecule has 0 aliphatic heterocycles. The predicted molar refractivity (Wildman–Crippen MR) is 92.1 cm³/mol. The molecule has 2 heterocycles. The van der Waals surface area contributed by atoms with Crippen LogP contribution in [0.4, 0.5) is 0 Å². The molecule has 0 saturated heterocycles. The zero-order chi connectivity index (χ0) is 16.9. The van der Waals surface area contributed by atoms with E-state index in [2.05, 4.69) is 10.5 Å². The number of thiophene rings is 1. The Morgan fingerprint density at radius 2 is 1.92 bits per heavy atom. The molecule has 3 aromatic rings. The van der Waals surface area contributed by atoms with Crippen molar-refractivity contribution in [2.75, 3.05) is 0 Å². The normalized spacial score (nSPS) is 10.8. The van der Waals surface area contributed by atoms with Crippen molar-refractivity contribution in [1.82, 2.24) is 9.99 Å². The summed E-state index contributed by atoms with van der Waals surface area (Å²) in [5.74, 6) is -1.22. The first-order chi connectivity index (χ1) is 11.6. The largest absolute Gasteiger partial charge is 0.478 e. The Hall–Kier alpha value is -3.19. The number of aromatic carboxylic acids is 1. The Kier molecular flexibility index (Phi) is 4.53. The van der Waals surface area contributed by atoms with Crippen LogP contribution in [0.5, 0.6) is 0 Å². The lowest BCUT2D eigenvalue weighted by atomic mass is 10.2. The quantitative estimate of drug-likeness (QED) is 0.554. The van der Waals surface area contributed by atoms with Gasteiger partial charge in [0.05, 0.1) is 22.3 Å². The molecule has 0 aliphatic rings. The minimum atomic E-state index is -0.966. The maximum atomic E-state index is 11.8. The van der Waals surface area contributed by atoms with E-state index < -0.39 is 5.97 Å². The van der Waals surface area contributed by atoms with Crippen LogP contribution in [0.25, 0.3) is 5.69 Å². The summed E-state index contributed by atoms with van der Waals surface area (Å²) >= 11 is 1.34. The maximum absolute atomic E-state index is 11.8. The van der Waals surface area contributed by atoms with Crippen LogP contribution in [0.15, 0.2) is 65.2 Å². The number of amides is 1. The SMILES string of the molecule is O=C(O)c1ccc(-n2cccc2/C=N/NC(=O)c2cccs2)cc1. The van der Waals surface area contributed by atoms with Gasteiger partial charge in [-0.25, -0.2) is 10.2 Å². The summed E-state index contributed by atoms with van der Waals surface area (Å²) in [6.07, 6.45) is 3.37. The van der Waals surface area contributed by atoms with E-state index in [0.29, 0.717) is 4.88 Å². The fourth-order valence-electron chi connectivity index (χ4n) is 2.12.